The first kappa shape index (κ1) is 19.8. The molecule has 6 nitrogen and oxygen atoms in total. The number of aromatic nitrogens is 4. The number of hydrogen-bond acceptors (Lipinski definition) is 5. The summed E-state index contributed by atoms with van der Waals surface area (Å²) in [6, 6.07) is 4.76. The van der Waals surface area contributed by atoms with Gasteiger partial charge in [0, 0.05) is 0 Å². The molecule has 0 atom stereocenters. The highest BCUT2D eigenvalue weighted by Crippen LogP contribution is 2.31. The fraction of sp³-hybridized carbons (Fsp3) is 0.389. The fourth-order valence-electron chi connectivity index (χ4n) is 2.70. The predicted octanol–water partition coefficient (Wildman–Crippen LogP) is 5.00. The van der Waals surface area contributed by atoms with Crippen LogP contribution in [0.25, 0.3) is 11.3 Å². The first-order valence-corrected chi connectivity index (χ1v) is 8.76. The molecule has 150 valence electrons. The van der Waals surface area contributed by atoms with Crippen molar-refractivity contribution in [2.24, 2.45) is 0 Å². The van der Waals surface area contributed by atoms with Gasteiger partial charge in [0.1, 0.15) is 5.82 Å². The molecular formula is C18H19F4N5O. The zero-order chi connectivity index (χ0) is 20.3. The van der Waals surface area contributed by atoms with Crippen molar-refractivity contribution in [1.82, 2.24) is 19.9 Å². The van der Waals surface area contributed by atoms with Crippen molar-refractivity contribution in [3.05, 3.63) is 35.4 Å². The number of benzene rings is 1. The number of nitrogens with one attached hydrogen (secondary N) is 2. The van der Waals surface area contributed by atoms with Crippen LogP contribution in [0.2, 0.25) is 0 Å². The second-order valence-corrected chi connectivity index (χ2v) is 6.23. The number of ether oxygens (including phenoxy) is 1. The minimum atomic E-state index is -4.66. The Hall–Kier alpha value is -2.91. The molecule has 0 saturated heterocycles. The van der Waals surface area contributed by atoms with Crippen molar-refractivity contribution < 1.29 is 22.3 Å². The van der Waals surface area contributed by atoms with E-state index in [1.165, 1.54) is 13.2 Å². The molecule has 1 aromatic carbocycles. The molecular weight excluding hydrogens is 378 g/mol. The van der Waals surface area contributed by atoms with E-state index < -0.39 is 17.8 Å². The number of hydrogen-bond donors (Lipinski definition) is 2. The van der Waals surface area contributed by atoms with E-state index in [9.17, 15) is 17.6 Å². The van der Waals surface area contributed by atoms with Crippen LogP contribution in [-0.4, -0.2) is 27.0 Å². The van der Waals surface area contributed by atoms with Crippen LogP contribution in [0.3, 0.4) is 0 Å². The second-order valence-electron chi connectivity index (χ2n) is 6.23. The summed E-state index contributed by atoms with van der Waals surface area (Å²) >= 11 is 0. The van der Waals surface area contributed by atoms with Crippen LogP contribution < -0.4 is 10.1 Å². The van der Waals surface area contributed by atoms with Gasteiger partial charge < -0.3 is 15.0 Å². The molecule has 28 heavy (non-hydrogen) atoms. The molecule has 0 radical (unpaired) electrons. The smallest absolute Gasteiger partial charge is 0.449 e. The SMILES string of the molecule is CCCCCc1ccc(Nc2nc3nc(C(F)(F)F)[nH]c3nc2OC)c(F)c1. The normalized spacial score (nSPS) is 11.8. The summed E-state index contributed by atoms with van der Waals surface area (Å²) < 4.78 is 57.9. The highest BCUT2D eigenvalue weighted by Gasteiger charge is 2.35. The molecule has 2 N–H and O–H groups in total. The summed E-state index contributed by atoms with van der Waals surface area (Å²) in [7, 11) is 1.29. The van der Waals surface area contributed by atoms with Crippen LogP contribution in [-0.2, 0) is 12.6 Å². The van der Waals surface area contributed by atoms with Crippen molar-refractivity contribution in [2.75, 3.05) is 12.4 Å². The Kier molecular flexibility index (Phi) is 5.66. The van der Waals surface area contributed by atoms with E-state index in [-0.39, 0.29) is 28.7 Å². The fourth-order valence-corrected chi connectivity index (χ4v) is 2.70. The maximum absolute atomic E-state index is 14.4. The van der Waals surface area contributed by atoms with Gasteiger partial charge in [-0.1, -0.05) is 25.8 Å². The molecule has 2 aromatic heterocycles. The van der Waals surface area contributed by atoms with Crippen molar-refractivity contribution in [3.63, 3.8) is 0 Å². The molecule has 2 heterocycles. The van der Waals surface area contributed by atoms with Crippen LogP contribution in [0.15, 0.2) is 18.2 Å². The van der Waals surface area contributed by atoms with E-state index >= 15 is 0 Å². The number of imidazole rings is 1. The van der Waals surface area contributed by atoms with E-state index in [0.29, 0.717) is 0 Å². The lowest BCUT2D eigenvalue weighted by Crippen LogP contribution is -2.06. The summed E-state index contributed by atoms with van der Waals surface area (Å²) in [6.07, 6.45) is -0.778. The van der Waals surface area contributed by atoms with Gasteiger partial charge in [0.15, 0.2) is 17.1 Å². The van der Waals surface area contributed by atoms with E-state index in [4.69, 9.17) is 4.74 Å². The number of H-pyrrole nitrogens is 1. The molecule has 0 saturated carbocycles. The van der Waals surface area contributed by atoms with Gasteiger partial charge in [-0.2, -0.15) is 18.2 Å². The Morgan fingerprint density at radius 3 is 2.57 bits per heavy atom. The van der Waals surface area contributed by atoms with E-state index in [2.05, 4.69) is 32.2 Å². The molecule has 3 aromatic rings. The minimum absolute atomic E-state index is 0.0344. The van der Waals surface area contributed by atoms with Gasteiger partial charge >= 0.3 is 6.18 Å². The van der Waals surface area contributed by atoms with E-state index in [1.54, 1.807) is 12.1 Å². The van der Waals surface area contributed by atoms with Crippen molar-refractivity contribution in [2.45, 2.75) is 38.8 Å². The lowest BCUT2D eigenvalue weighted by molar-refractivity contribution is -0.144. The third-order valence-corrected chi connectivity index (χ3v) is 4.12. The number of nitrogens with zero attached hydrogens (tertiary/aromatic N) is 3. The summed E-state index contributed by atoms with van der Waals surface area (Å²) in [5.74, 6) is -1.84. The minimum Gasteiger partial charge on any atom is -0.478 e. The van der Waals surface area contributed by atoms with Crippen molar-refractivity contribution in [3.8, 4) is 5.88 Å². The summed E-state index contributed by atoms with van der Waals surface area (Å²) in [5, 5.41) is 2.72. The number of halogens is 4. The quantitative estimate of drug-likeness (QED) is 0.434. The maximum Gasteiger partial charge on any atom is 0.449 e. The molecule has 0 aliphatic carbocycles. The van der Waals surface area contributed by atoms with Gasteiger partial charge in [0.05, 0.1) is 12.8 Å². The number of fused-ring (bicyclic) bond motifs is 1. The van der Waals surface area contributed by atoms with Gasteiger partial charge in [0.25, 0.3) is 5.88 Å². The number of anilines is 2. The molecule has 10 heteroatoms. The first-order valence-electron chi connectivity index (χ1n) is 8.76. The third kappa shape index (κ3) is 4.32. The number of rotatable bonds is 7. The lowest BCUT2D eigenvalue weighted by atomic mass is 10.1. The molecule has 0 aliphatic heterocycles. The van der Waals surface area contributed by atoms with E-state index in [0.717, 1.165) is 31.2 Å². The van der Waals surface area contributed by atoms with Crippen LogP contribution >= 0.6 is 0 Å². The van der Waals surface area contributed by atoms with Crippen LogP contribution in [0.1, 0.15) is 37.6 Å². The second kappa shape index (κ2) is 7.99. The molecule has 0 amide bonds. The number of unbranched alkanes of at least 4 members (excludes halogenated alkanes) is 2. The Morgan fingerprint density at radius 2 is 1.93 bits per heavy atom. The number of alkyl halides is 3. The Balaban J connectivity index is 1.88. The average Bonchev–Trinajstić information content (AvgIpc) is 3.06. The zero-order valence-corrected chi connectivity index (χ0v) is 15.3. The molecule has 0 aliphatic rings. The molecule has 0 bridgehead atoms. The van der Waals surface area contributed by atoms with Crippen LogP contribution in [0, 0.1) is 5.82 Å². The highest BCUT2D eigenvalue weighted by atomic mass is 19.4. The molecule has 0 unspecified atom stereocenters. The van der Waals surface area contributed by atoms with Crippen LogP contribution in [0.4, 0.5) is 29.1 Å². The number of methoxy groups -OCH3 is 1. The summed E-state index contributed by atoms with van der Waals surface area (Å²) in [6.45, 7) is 2.09. The van der Waals surface area contributed by atoms with Gasteiger partial charge in [-0.3, -0.25) is 0 Å². The van der Waals surface area contributed by atoms with Gasteiger partial charge in [0.2, 0.25) is 5.82 Å². The van der Waals surface area contributed by atoms with Crippen molar-refractivity contribution >= 4 is 22.8 Å². The zero-order valence-electron chi connectivity index (χ0n) is 15.3. The Bertz CT molecular complexity index is 970. The standard InChI is InChI=1S/C18H19F4N5O/c1-3-4-5-6-10-7-8-12(11(19)9-10)23-15-16(28-2)25-14-13(24-15)26-17(27-14)18(20,21)22/h7-9H,3-6H2,1-2H3,(H2,23,24,25,26,27). The maximum atomic E-state index is 14.4. The predicted molar refractivity (Wildman–Crippen MR) is 96.1 cm³/mol. The van der Waals surface area contributed by atoms with Gasteiger partial charge in [-0.25, -0.2) is 14.4 Å². The molecule has 3 rings (SSSR count). The summed E-state index contributed by atoms with van der Waals surface area (Å²) in [4.78, 5) is 13.4. The Morgan fingerprint density at radius 1 is 1.14 bits per heavy atom. The van der Waals surface area contributed by atoms with E-state index in [1.807, 2.05) is 0 Å². The van der Waals surface area contributed by atoms with Crippen LogP contribution in [0.5, 0.6) is 5.88 Å². The third-order valence-electron chi connectivity index (χ3n) is 4.12. The largest absolute Gasteiger partial charge is 0.478 e. The number of aryl methyl sites for hydroxylation is 1. The lowest BCUT2D eigenvalue weighted by Gasteiger charge is -2.11. The monoisotopic (exact) mass is 397 g/mol. The molecule has 0 fully saturated rings. The highest BCUT2D eigenvalue weighted by molar-refractivity contribution is 5.73. The number of aromatic amines is 1. The van der Waals surface area contributed by atoms with Gasteiger partial charge in [-0.05, 0) is 30.5 Å². The van der Waals surface area contributed by atoms with Crippen molar-refractivity contribution in [1.29, 1.82) is 0 Å². The average molecular weight is 397 g/mol. The topological polar surface area (TPSA) is 75.7 Å². The van der Waals surface area contributed by atoms with Gasteiger partial charge in [-0.15, -0.1) is 0 Å². The first-order chi connectivity index (χ1) is 13.3. The molecule has 0 spiro atoms. The Labute approximate surface area is 158 Å². The summed E-state index contributed by atoms with van der Waals surface area (Å²) in [5.41, 5.74) is 0.540.